The van der Waals surface area contributed by atoms with Crippen LogP contribution in [0.2, 0.25) is 0 Å². The second-order valence-corrected chi connectivity index (χ2v) is 4.09. The largest absolute Gasteiger partial charge is 0.508 e. The smallest absolute Gasteiger partial charge is 0.115 e. The molecule has 0 amide bonds. The lowest BCUT2D eigenvalue weighted by atomic mass is 10.3. The number of hydrogen-bond donors (Lipinski definition) is 1. The molecule has 76 valence electrons. The minimum absolute atomic E-state index is 0.267. The van der Waals surface area contributed by atoms with E-state index in [-0.39, 0.29) is 5.75 Å². The van der Waals surface area contributed by atoms with Crippen molar-refractivity contribution in [3.63, 3.8) is 0 Å². The molecule has 0 saturated carbocycles. The zero-order chi connectivity index (χ0) is 10.5. The van der Waals surface area contributed by atoms with Crippen LogP contribution in [0.5, 0.6) is 5.75 Å². The van der Waals surface area contributed by atoms with Gasteiger partial charge in [-0.2, -0.15) is 0 Å². The molecule has 0 aliphatic carbocycles. The molecule has 0 aromatic heterocycles. The van der Waals surface area contributed by atoms with Crippen molar-refractivity contribution in [1.82, 2.24) is 0 Å². The summed E-state index contributed by atoms with van der Waals surface area (Å²) in [6.07, 6.45) is 7.07. The summed E-state index contributed by atoms with van der Waals surface area (Å²) in [5, 5.41) is 11.2. The van der Waals surface area contributed by atoms with Crippen LogP contribution in [0.1, 0.15) is 6.42 Å². The molecule has 15 heavy (non-hydrogen) atoms. The second-order valence-electron chi connectivity index (χ2n) is 3.11. The predicted octanol–water partition coefficient (Wildman–Crippen LogP) is 3.63. The van der Waals surface area contributed by atoms with E-state index in [1.807, 2.05) is 6.21 Å². The summed E-state index contributed by atoms with van der Waals surface area (Å²) in [7, 11) is 0. The van der Waals surface area contributed by atoms with Crippen LogP contribution in [0.4, 0.5) is 5.69 Å². The van der Waals surface area contributed by atoms with Crippen LogP contribution >= 0.6 is 11.8 Å². The van der Waals surface area contributed by atoms with Crippen LogP contribution in [0.25, 0.3) is 0 Å². The fraction of sp³-hybridized carbons (Fsp3) is 0.0833. The van der Waals surface area contributed by atoms with Crippen molar-refractivity contribution >= 4 is 23.7 Å². The van der Waals surface area contributed by atoms with Gasteiger partial charge in [0.2, 0.25) is 0 Å². The number of nitrogens with zero attached hydrogens (tertiary/aromatic N) is 1. The summed E-state index contributed by atoms with van der Waals surface area (Å²) in [5.74, 6) is 0.267. The highest BCUT2D eigenvalue weighted by molar-refractivity contribution is 8.06. The third kappa shape index (κ3) is 2.99. The maximum absolute atomic E-state index is 9.10. The molecule has 1 aromatic rings. The summed E-state index contributed by atoms with van der Waals surface area (Å²) < 4.78 is 0. The summed E-state index contributed by atoms with van der Waals surface area (Å²) in [6, 6.07) is 6.84. The van der Waals surface area contributed by atoms with Gasteiger partial charge in [0.15, 0.2) is 0 Å². The van der Waals surface area contributed by atoms with Gasteiger partial charge >= 0.3 is 0 Å². The van der Waals surface area contributed by atoms with Gasteiger partial charge in [-0.15, -0.1) is 0 Å². The Morgan fingerprint density at radius 3 is 2.73 bits per heavy atom. The zero-order valence-corrected chi connectivity index (χ0v) is 8.95. The quantitative estimate of drug-likeness (QED) is 0.767. The fourth-order valence-corrected chi connectivity index (χ4v) is 1.85. The lowest BCUT2D eigenvalue weighted by molar-refractivity contribution is 0.475. The number of aliphatic imine (C=N–C) groups is 1. The third-order valence-corrected chi connectivity index (χ3v) is 2.82. The average molecular weight is 217 g/mol. The van der Waals surface area contributed by atoms with Gasteiger partial charge in [0.1, 0.15) is 5.75 Å². The van der Waals surface area contributed by atoms with E-state index in [2.05, 4.69) is 22.6 Å². The first kappa shape index (κ1) is 10.1. The maximum Gasteiger partial charge on any atom is 0.115 e. The number of rotatable bonds is 2. The lowest BCUT2D eigenvalue weighted by Gasteiger charge is -2.00. The number of phenols is 1. The van der Waals surface area contributed by atoms with E-state index < -0.39 is 0 Å². The molecule has 0 fully saturated rings. The van der Waals surface area contributed by atoms with Gasteiger partial charge in [-0.3, -0.25) is 4.99 Å². The van der Waals surface area contributed by atoms with E-state index in [9.17, 15) is 0 Å². The van der Waals surface area contributed by atoms with Crippen molar-refractivity contribution in [3.05, 3.63) is 46.7 Å². The molecule has 0 bridgehead atoms. The number of benzene rings is 1. The highest BCUT2D eigenvalue weighted by Crippen LogP contribution is 2.22. The van der Waals surface area contributed by atoms with Gasteiger partial charge in [-0.05, 0) is 36.1 Å². The molecule has 3 heteroatoms. The molecular formula is C12H11NOS. The Hall–Kier alpha value is -1.48. The minimum atomic E-state index is 0.267. The molecule has 2 nitrogen and oxygen atoms in total. The minimum Gasteiger partial charge on any atom is -0.508 e. The van der Waals surface area contributed by atoms with E-state index in [4.69, 9.17) is 5.11 Å². The Morgan fingerprint density at radius 2 is 2.07 bits per heavy atom. The first-order valence-corrected chi connectivity index (χ1v) is 5.57. The van der Waals surface area contributed by atoms with Gasteiger partial charge in [0, 0.05) is 11.1 Å². The molecular weight excluding hydrogens is 206 g/mol. The van der Waals surface area contributed by atoms with Crippen LogP contribution in [-0.2, 0) is 0 Å². The molecule has 0 spiro atoms. The highest BCUT2D eigenvalue weighted by Gasteiger charge is 1.95. The van der Waals surface area contributed by atoms with E-state index in [1.165, 1.54) is 0 Å². The Bertz CT molecular complexity index is 418. The normalized spacial score (nSPS) is 15.6. The summed E-state index contributed by atoms with van der Waals surface area (Å²) in [4.78, 5) is 5.47. The van der Waals surface area contributed by atoms with Crippen molar-refractivity contribution in [3.8, 4) is 5.75 Å². The zero-order valence-electron chi connectivity index (χ0n) is 8.13. The SMILES string of the molecule is Oc1ccc(/N=C/C2=CCC=CS2)cc1. The van der Waals surface area contributed by atoms with Gasteiger partial charge in [-0.1, -0.05) is 23.9 Å². The number of hydrogen-bond acceptors (Lipinski definition) is 3. The lowest BCUT2D eigenvalue weighted by Crippen LogP contribution is -1.80. The maximum atomic E-state index is 9.10. The Labute approximate surface area is 93.0 Å². The van der Waals surface area contributed by atoms with Crippen LogP contribution in [0.3, 0.4) is 0 Å². The van der Waals surface area contributed by atoms with E-state index in [1.54, 1.807) is 36.0 Å². The number of allylic oxidation sites excluding steroid dienone is 3. The molecule has 0 atom stereocenters. The number of thioether (sulfide) groups is 1. The summed E-state index contributed by atoms with van der Waals surface area (Å²) >= 11 is 1.67. The molecule has 1 heterocycles. The fourth-order valence-electron chi connectivity index (χ4n) is 1.17. The number of phenolic OH excluding ortho intramolecular Hbond substituents is 1. The van der Waals surface area contributed by atoms with Gasteiger partial charge in [-0.25, -0.2) is 0 Å². The molecule has 1 aliphatic heterocycles. The van der Waals surface area contributed by atoms with Crippen molar-refractivity contribution in [2.75, 3.05) is 0 Å². The van der Waals surface area contributed by atoms with Gasteiger partial charge < -0.3 is 5.11 Å². The van der Waals surface area contributed by atoms with Crippen LogP contribution < -0.4 is 0 Å². The van der Waals surface area contributed by atoms with E-state index in [0.29, 0.717) is 0 Å². The van der Waals surface area contributed by atoms with Crippen LogP contribution in [-0.4, -0.2) is 11.3 Å². The van der Waals surface area contributed by atoms with Gasteiger partial charge in [0.25, 0.3) is 0 Å². The third-order valence-electron chi connectivity index (χ3n) is 1.95. The predicted molar refractivity (Wildman–Crippen MR) is 65.7 cm³/mol. The molecule has 2 rings (SSSR count). The monoisotopic (exact) mass is 217 g/mol. The Kier molecular flexibility index (Phi) is 3.25. The van der Waals surface area contributed by atoms with Crippen molar-refractivity contribution in [2.24, 2.45) is 4.99 Å². The topological polar surface area (TPSA) is 32.6 Å². The molecule has 1 N–H and O–H groups in total. The first-order valence-electron chi connectivity index (χ1n) is 4.69. The standard InChI is InChI=1S/C12H11NOS/c14-11-6-4-10(5-7-11)13-9-12-3-1-2-8-15-12/h2-9,14H,1H2/b13-9+. The highest BCUT2D eigenvalue weighted by atomic mass is 32.2. The summed E-state index contributed by atoms with van der Waals surface area (Å²) in [5.41, 5.74) is 0.851. The molecule has 0 saturated heterocycles. The molecule has 0 radical (unpaired) electrons. The molecule has 1 aromatic carbocycles. The van der Waals surface area contributed by atoms with Crippen LogP contribution in [0, 0.1) is 0 Å². The van der Waals surface area contributed by atoms with Crippen molar-refractivity contribution < 1.29 is 5.11 Å². The Balaban J connectivity index is 2.05. The van der Waals surface area contributed by atoms with Crippen molar-refractivity contribution in [2.45, 2.75) is 6.42 Å². The van der Waals surface area contributed by atoms with Gasteiger partial charge in [0.05, 0.1) is 5.69 Å². The Morgan fingerprint density at radius 1 is 1.27 bits per heavy atom. The van der Waals surface area contributed by atoms with E-state index in [0.717, 1.165) is 17.0 Å². The van der Waals surface area contributed by atoms with E-state index >= 15 is 0 Å². The average Bonchev–Trinajstić information content (AvgIpc) is 2.30. The second kappa shape index (κ2) is 4.84. The van der Waals surface area contributed by atoms with Crippen LogP contribution in [0.15, 0.2) is 51.7 Å². The molecule has 1 aliphatic rings. The number of aromatic hydroxyl groups is 1. The summed E-state index contributed by atoms with van der Waals surface area (Å²) in [6.45, 7) is 0. The first-order chi connectivity index (χ1) is 7.34. The van der Waals surface area contributed by atoms with Crippen molar-refractivity contribution in [1.29, 1.82) is 0 Å². The molecule has 0 unspecified atom stereocenters.